The van der Waals surface area contributed by atoms with Crippen LogP contribution in [0, 0.1) is 6.92 Å². The molecule has 126 valence electrons. The van der Waals surface area contributed by atoms with E-state index < -0.39 is 0 Å². The van der Waals surface area contributed by atoms with Crippen molar-refractivity contribution in [2.24, 2.45) is 0 Å². The maximum absolute atomic E-state index is 12.8. The lowest BCUT2D eigenvalue weighted by molar-refractivity contribution is 0.408. The maximum Gasteiger partial charge on any atom is 0.277 e. The molecule has 25 heavy (non-hydrogen) atoms. The van der Waals surface area contributed by atoms with E-state index >= 15 is 0 Å². The predicted molar refractivity (Wildman–Crippen MR) is 99.3 cm³/mol. The van der Waals surface area contributed by atoms with E-state index in [-0.39, 0.29) is 5.56 Å². The first kappa shape index (κ1) is 15.4. The minimum atomic E-state index is -0.0475. The van der Waals surface area contributed by atoms with Crippen molar-refractivity contribution >= 4 is 21.9 Å². The van der Waals surface area contributed by atoms with Crippen LogP contribution < -0.4 is 10.3 Å². The van der Waals surface area contributed by atoms with Crippen LogP contribution in [0.5, 0.6) is 5.75 Å². The van der Waals surface area contributed by atoms with E-state index in [9.17, 15) is 4.79 Å². The molecule has 5 nitrogen and oxygen atoms in total. The molecular weight excluding hydrogens is 314 g/mol. The van der Waals surface area contributed by atoms with Crippen molar-refractivity contribution in [3.63, 3.8) is 0 Å². The Kier molecular flexibility index (Phi) is 3.76. The van der Waals surface area contributed by atoms with Gasteiger partial charge in [-0.15, -0.1) is 0 Å². The number of methoxy groups -OCH3 is 1. The first-order valence-electron chi connectivity index (χ1n) is 8.27. The van der Waals surface area contributed by atoms with Crippen molar-refractivity contribution < 1.29 is 4.74 Å². The average molecular weight is 333 g/mol. The third-order valence-electron chi connectivity index (χ3n) is 4.54. The number of para-hydroxylation sites is 1. The zero-order chi connectivity index (χ0) is 17.4. The number of nitrogens with zero attached hydrogens (tertiary/aromatic N) is 2. The second-order valence-electron chi connectivity index (χ2n) is 6.20. The van der Waals surface area contributed by atoms with Gasteiger partial charge >= 0.3 is 0 Å². The van der Waals surface area contributed by atoms with Crippen molar-refractivity contribution in [2.75, 3.05) is 7.11 Å². The van der Waals surface area contributed by atoms with Gasteiger partial charge in [0.1, 0.15) is 16.8 Å². The first-order valence-corrected chi connectivity index (χ1v) is 8.27. The monoisotopic (exact) mass is 333 g/mol. The fourth-order valence-electron chi connectivity index (χ4n) is 3.21. The molecule has 0 atom stereocenters. The maximum atomic E-state index is 12.8. The van der Waals surface area contributed by atoms with Gasteiger partial charge in [0, 0.05) is 17.4 Å². The highest BCUT2D eigenvalue weighted by Gasteiger charge is 2.11. The summed E-state index contributed by atoms with van der Waals surface area (Å²) < 4.78 is 7.03. The van der Waals surface area contributed by atoms with Crippen LogP contribution in [-0.4, -0.2) is 21.6 Å². The van der Waals surface area contributed by atoms with E-state index in [0.717, 1.165) is 33.3 Å². The van der Waals surface area contributed by atoms with Crippen LogP contribution in [0.2, 0.25) is 0 Å². The number of aromatic amines is 1. The van der Waals surface area contributed by atoms with Crippen LogP contribution in [-0.2, 0) is 13.0 Å². The zero-order valence-electron chi connectivity index (χ0n) is 14.2. The summed E-state index contributed by atoms with van der Waals surface area (Å²) in [6.45, 7) is 2.59. The fourth-order valence-corrected chi connectivity index (χ4v) is 3.21. The molecule has 0 aliphatic carbocycles. The van der Waals surface area contributed by atoms with E-state index in [1.54, 1.807) is 18.0 Å². The van der Waals surface area contributed by atoms with Gasteiger partial charge in [0.2, 0.25) is 0 Å². The highest BCUT2D eigenvalue weighted by atomic mass is 16.5. The van der Waals surface area contributed by atoms with Crippen LogP contribution in [0.4, 0.5) is 0 Å². The van der Waals surface area contributed by atoms with E-state index in [1.165, 1.54) is 0 Å². The van der Waals surface area contributed by atoms with E-state index in [4.69, 9.17) is 4.74 Å². The number of hydrogen-bond donors (Lipinski definition) is 1. The number of aromatic nitrogens is 3. The summed E-state index contributed by atoms with van der Waals surface area (Å²) in [6, 6.07) is 13.9. The third kappa shape index (κ3) is 2.67. The summed E-state index contributed by atoms with van der Waals surface area (Å²) in [7, 11) is 1.66. The number of nitrogens with one attached hydrogen (secondary N) is 1. The normalized spacial score (nSPS) is 11.3. The first-order chi connectivity index (χ1) is 12.2. The lowest BCUT2D eigenvalue weighted by Gasteiger charge is -2.09. The number of ether oxygens (including phenoxy) is 1. The fraction of sp³-hybridized carbons (Fsp3) is 0.200. The summed E-state index contributed by atoms with van der Waals surface area (Å²) in [4.78, 5) is 20.6. The molecule has 0 saturated carbocycles. The highest BCUT2D eigenvalue weighted by Crippen LogP contribution is 2.22. The number of aryl methyl sites for hydroxylation is 3. The Hall–Kier alpha value is -3.08. The SMILES string of the molecule is COc1ccccc1CCn1cnc2c([nH]c3ccc(C)cc32)c1=O. The Labute approximate surface area is 144 Å². The van der Waals surface area contributed by atoms with E-state index in [1.807, 2.05) is 43.3 Å². The predicted octanol–water partition coefficient (Wildman–Crippen LogP) is 3.44. The van der Waals surface area contributed by atoms with Crippen molar-refractivity contribution in [3.05, 3.63) is 70.3 Å². The summed E-state index contributed by atoms with van der Waals surface area (Å²) in [5.74, 6) is 0.839. The molecule has 2 aromatic carbocycles. The van der Waals surface area contributed by atoms with E-state index in [0.29, 0.717) is 18.5 Å². The molecule has 2 aromatic heterocycles. The van der Waals surface area contributed by atoms with Crippen molar-refractivity contribution in [1.29, 1.82) is 0 Å². The largest absolute Gasteiger partial charge is 0.496 e. The third-order valence-corrected chi connectivity index (χ3v) is 4.54. The average Bonchev–Trinajstić information content (AvgIpc) is 3.00. The number of hydrogen-bond acceptors (Lipinski definition) is 3. The minimum Gasteiger partial charge on any atom is -0.496 e. The quantitative estimate of drug-likeness (QED) is 0.622. The molecule has 0 radical (unpaired) electrons. The van der Waals surface area contributed by atoms with Crippen LogP contribution >= 0.6 is 0 Å². The molecular formula is C20H19N3O2. The van der Waals surface area contributed by atoms with Crippen LogP contribution in [0.1, 0.15) is 11.1 Å². The molecule has 0 saturated heterocycles. The molecule has 4 aromatic rings. The molecule has 0 fully saturated rings. The number of H-pyrrole nitrogens is 1. The van der Waals surface area contributed by atoms with Crippen molar-refractivity contribution in [1.82, 2.24) is 14.5 Å². The topological polar surface area (TPSA) is 59.9 Å². The van der Waals surface area contributed by atoms with Gasteiger partial charge in [0.25, 0.3) is 5.56 Å². The standard InChI is InChI=1S/C20H19N3O2/c1-13-7-8-16-15(11-13)18-19(22-16)20(24)23(12-21-18)10-9-14-5-3-4-6-17(14)25-2/h3-8,11-12,22H,9-10H2,1-2H3. The Morgan fingerprint density at radius 2 is 2.04 bits per heavy atom. The van der Waals surface area contributed by atoms with Crippen molar-refractivity contribution in [2.45, 2.75) is 19.9 Å². The Balaban J connectivity index is 1.72. The summed E-state index contributed by atoms with van der Waals surface area (Å²) in [5.41, 5.74) is 4.40. The molecule has 0 unspecified atom stereocenters. The van der Waals surface area contributed by atoms with Gasteiger partial charge < -0.3 is 9.72 Å². The molecule has 0 bridgehead atoms. The van der Waals surface area contributed by atoms with Gasteiger partial charge in [0.05, 0.1) is 13.4 Å². The molecule has 2 heterocycles. The number of fused-ring (bicyclic) bond motifs is 3. The molecule has 4 rings (SSSR count). The van der Waals surface area contributed by atoms with Gasteiger partial charge in [0.15, 0.2) is 0 Å². The van der Waals surface area contributed by atoms with Crippen LogP contribution in [0.15, 0.2) is 53.6 Å². The van der Waals surface area contributed by atoms with E-state index in [2.05, 4.69) is 16.0 Å². The van der Waals surface area contributed by atoms with Gasteiger partial charge in [-0.05, 0) is 37.1 Å². The summed E-state index contributed by atoms with van der Waals surface area (Å²) in [6.07, 6.45) is 2.34. The van der Waals surface area contributed by atoms with Crippen molar-refractivity contribution in [3.8, 4) is 5.75 Å². The molecule has 0 amide bonds. The second-order valence-corrected chi connectivity index (χ2v) is 6.20. The minimum absolute atomic E-state index is 0.0475. The number of benzene rings is 2. The Morgan fingerprint density at radius 3 is 2.88 bits per heavy atom. The Bertz CT molecular complexity index is 1120. The number of rotatable bonds is 4. The lowest BCUT2D eigenvalue weighted by atomic mass is 10.1. The van der Waals surface area contributed by atoms with Gasteiger partial charge in [-0.2, -0.15) is 0 Å². The molecule has 1 N–H and O–H groups in total. The second kappa shape index (κ2) is 6.09. The van der Waals surface area contributed by atoms with Crippen LogP contribution in [0.25, 0.3) is 21.9 Å². The molecule has 0 aliphatic rings. The van der Waals surface area contributed by atoms with Gasteiger partial charge in [-0.25, -0.2) is 4.98 Å². The van der Waals surface area contributed by atoms with Gasteiger partial charge in [-0.1, -0.05) is 29.8 Å². The Morgan fingerprint density at radius 1 is 1.20 bits per heavy atom. The molecule has 5 heteroatoms. The zero-order valence-corrected chi connectivity index (χ0v) is 14.2. The smallest absolute Gasteiger partial charge is 0.277 e. The summed E-state index contributed by atoms with van der Waals surface area (Å²) in [5, 5.41) is 0.990. The molecule has 0 aliphatic heterocycles. The van der Waals surface area contributed by atoms with Crippen LogP contribution in [0.3, 0.4) is 0 Å². The highest BCUT2D eigenvalue weighted by molar-refractivity contribution is 6.04. The molecule has 0 spiro atoms. The van der Waals surface area contributed by atoms with Gasteiger partial charge in [-0.3, -0.25) is 9.36 Å². The lowest BCUT2D eigenvalue weighted by Crippen LogP contribution is -2.21. The summed E-state index contributed by atoms with van der Waals surface area (Å²) >= 11 is 0.